The van der Waals surface area contributed by atoms with Crippen molar-refractivity contribution in [1.29, 1.82) is 0 Å². The molecule has 0 aliphatic carbocycles. The molecule has 5 nitrogen and oxygen atoms in total. The molecule has 28 heavy (non-hydrogen) atoms. The van der Waals surface area contributed by atoms with E-state index in [1.165, 1.54) is 0 Å². The number of ether oxygens (including phenoxy) is 2. The topological polar surface area (TPSA) is 51.7 Å². The van der Waals surface area contributed by atoms with Gasteiger partial charge in [0.15, 0.2) is 11.9 Å². The second kappa shape index (κ2) is 8.67. The molecule has 0 N–H and O–H groups in total. The molecule has 0 aliphatic rings. The molecule has 1 heterocycles. The van der Waals surface area contributed by atoms with Crippen LogP contribution in [-0.4, -0.2) is 30.7 Å². The van der Waals surface area contributed by atoms with Crippen LogP contribution in [0.15, 0.2) is 48.5 Å². The summed E-state index contributed by atoms with van der Waals surface area (Å²) in [7, 11) is 1.86. The lowest BCUT2D eigenvalue weighted by molar-refractivity contribution is -0.150. The van der Waals surface area contributed by atoms with Crippen LogP contribution in [-0.2, 0) is 9.53 Å². The van der Waals surface area contributed by atoms with Crippen LogP contribution in [0.25, 0.3) is 10.8 Å². The van der Waals surface area contributed by atoms with Crippen molar-refractivity contribution in [2.75, 3.05) is 18.6 Å². The molecule has 0 radical (unpaired) electrons. The lowest BCUT2D eigenvalue weighted by Gasteiger charge is -2.21. The van der Waals surface area contributed by atoms with Gasteiger partial charge in [-0.15, -0.1) is 0 Å². The molecule has 0 spiro atoms. The first-order chi connectivity index (χ1) is 13.4. The average molecular weight is 419 g/mol. The van der Waals surface area contributed by atoms with E-state index < -0.39 is 12.1 Å². The zero-order valence-corrected chi connectivity index (χ0v) is 17.3. The van der Waals surface area contributed by atoms with Gasteiger partial charge in [0.25, 0.3) is 0 Å². The number of rotatable bonds is 6. The molecule has 3 aromatic rings. The van der Waals surface area contributed by atoms with E-state index in [0.717, 1.165) is 16.5 Å². The fourth-order valence-corrected chi connectivity index (χ4v) is 3.36. The molecule has 1 atom stereocenters. The highest BCUT2D eigenvalue weighted by atomic mass is 35.5. The minimum atomic E-state index is -0.682. The summed E-state index contributed by atoms with van der Waals surface area (Å²) in [5.74, 6) is 0.720. The maximum atomic E-state index is 11.7. The highest BCUT2D eigenvalue weighted by molar-refractivity contribution is 6.41. The normalized spacial score (nSPS) is 11.9. The summed E-state index contributed by atoms with van der Waals surface area (Å²) in [6.45, 7) is 3.73. The first kappa shape index (κ1) is 20.2. The van der Waals surface area contributed by atoms with Gasteiger partial charge in [0, 0.05) is 23.5 Å². The third kappa shape index (κ3) is 4.16. The third-order valence-corrected chi connectivity index (χ3v) is 4.92. The van der Waals surface area contributed by atoms with E-state index in [-0.39, 0.29) is 0 Å². The molecule has 0 saturated carbocycles. The van der Waals surface area contributed by atoms with Crippen molar-refractivity contribution in [3.05, 3.63) is 58.7 Å². The second-order valence-corrected chi connectivity index (χ2v) is 6.89. The van der Waals surface area contributed by atoms with Crippen molar-refractivity contribution in [1.82, 2.24) is 4.98 Å². The van der Waals surface area contributed by atoms with Crippen molar-refractivity contribution in [2.45, 2.75) is 20.0 Å². The van der Waals surface area contributed by atoms with Crippen LogP contribution in [0.4, 0.5) is 11.5 Å². The first-order valence-corrected chi connectivity index (χ1v) is 9.58. The van der Waals surface area contributed by atoms with Crippen molar-refractivity contribution in [3.63, 3.8) is 0 Å². The lowest BCUT2D eigenvalue weighted by Crippen LogP contribution is -2.26. The summed E-state index contributed by atoms with van der Waals surface area (Å²) in [6, 6.07) is 14.9. The number of carbonyl (C=O) groups is 1. The van der Waals surface area contributed by atoms with Crippen LogP contribution < -0.4 is 9.64 Å². The van der Waals surface area contributed by atoms with Crippen LogP contribution >= 0.6 is 23.2 Å². The molecule has 0 amide bonds. The van der Waals surface area contributed by atoms with Crippen molar-refractivity contribution in [3.8, 4) is 5.75 Å². The largest absolute Gasteiger partial charge is 0.479 e. The molecule has 146 valence electrons. The quantitative estimate of drug-likeness (QED) is 0.382. The van der Waals surface area contributed by atoms with E-state index in [4.69, 9.17) is 32.7 Å². The predicted octanol–water partition coefficient (Wildman–Crippen LogP) is 5.64. The van der Waals surface area contributed by atoms with Crippen LogP contribution in [0.2, 0.25) is 10.2 Å². The Hall–Kier alpha value is -2.50. The van der Waals surface area contributed by atoms with Gasteiger partial charge >= 0.3 is 5.97 Å². The van der Waals surface area contributed by atoms with Crippen LogP contribution in [0, 0.1) is 0 Å². The SMILES string of the molecule is CCOC(=O)C(C)Oc1ccc(N(C)c2nc(Cl)c3ccccc3c2Cl)cc1. The van der Waals surface area contributed by atoms with Gasteiger partial charge in [-0.1, -0.05) is 47.5 Å². The first-order valence-electron chi connectivity index (χ1n) is 8.83. The fourth-order valence-electron chi connectivity index (χ4n) is 2.78. The monoisotopic (exact) mass is 418 g/mol. The standard InChI is InChI=1S/C21H20Cl2N2O3/c1-4-27-21(26)13(2)28-15-11-9-14(10-12-15)25(3)20-18(22)16-7-5-6-8-17(16)19(23)24-20/h5-13H,4H2,1-3H3. The number of anilines is 2. The number of carbonyl (C=O) groups excluding carboxylic acids is 1. The summed E-state index contributed by atoms with van der Waals surface area (Å²) in [6.07, 6.45) is -0.682. The van der Waals surface area contributed by atoms with Gasteiger partial charge in [0.1, 0.15) is 10.9 Å². The smallest absolute Gasteiger partial charge is 0.347 e. The number of hydrogen-bond donors (Lipinski definition) is 0. The van der Waals surface area contributed by atoms with Gasteiger partial charge in [-0.25, -0.2) is 9.78 Å². The van der Waals surface area contributed by atoms with E-state index in [2.05, 4.69) is 4.98 Å². The number of fused-ring (bicyclic) bond motifs is 1. The average Bonchev–Trinajstić information content (AvgIpc) is 2.71. The Morgan fingerprint density at radius 3 is 2.39 bits per heavy atom. The number of pyridine rings is 1. The Bertz CT molecular complexity index is 993. The number of halogens is 2. The predicted molar refractivity (Wildman–Crippen MR) is 113 cm³/mol. The highest BCUT2D eigenvalue weighted by Gasteiger charge is 2.17. The molecule has 3 rings (SSSR count). The Balaban J connectivity index is 1.84. The van der Waals surface area contributed by atoms with Gasteiger partial charge in [-0.05, 0) is 38.1 Å². The van der Waals surface area contributed by atoms with E-state index in [1.807, 2.05) is 48.3 Å². The minimum Gasteiger partial charge on any atom is -0.479 e. The number of aromatic nitrogens is 1. The van der Waals surface area contributed by atoms with E-state index in [0.29, 0.717) is 28.3 Å². The lowest BCUT2D eigenvalue weighted by atomic mass is 10.1. The summed E-state index contributed by atoms with van der Waals surface area (Å²) in [5, 5.41) is 2.57. The number of esters is 1. The Kier molecular flexibility index (Phi) is 6.27. The van der Waals surface area contributed by atoms with Crippen LogP contribution in [0.5, 0.6) is 5.75 Å². The van der Waals surface area contributed by atoms with Crippen molar-refractivity contribution >= 4 is 51.4 Å². The molecule has 0 aliphatic heterocycles. The van der Waals surface area contributed by atoms with Crippen LogP contribution in [0.1, 0.15) is 13.8 Å². The maximum Gasteiger partial charge on any atom is 0.347 e. The maximum absolute atomic E-state index is 11.7. The highest BCUT2D eigenvalue weighted by Crippen LogP contribution is 2.37. The number of hydrogen-bond acceptors (Lipinski definition) is 5. The van der Waals surface area contributed by atoms with E-state index in [9.17, 15) is 4.79 Å². The van der Waals surface area contributed by atoms with Crippen molar-refractivity contribution in [2.24, 2.45) is 0 Å². The molecule has 1 unspecified atom stereocenters. The van der Waals surface area contributed by atoms with Gasteiger partial charge in [0.2, 0.25) is 0 Å². The van der Waals surface area contributed by atoms with E-state index in [1.54, 1.807) is 26.0 Å². The third-order valence-electron chi connectivity index (χ3n) is 4.26. The van der Waals surface area contributed by atoms with Gasteiger partial charge in [-0.3, -0.25) is 0 Å². The second-order valence-electron chi connectivity index (χ2n) is 6.15. The van der Waals surface area contributed by atoms with Gasteiger partial charge < -0.3 is 14.4 Å². The van der Waals surface area contributed by atoms with Gasteiger partial charge in [0.05, 0.1) is 11.6 Å². The molecule has 0 bridgehead atoms. The molecule has 7 heteroatoms. The minimum absolute atomic E-state index is 0.318. The number of nitrogens with zero attached hydrogens (tertiary/aromatic N) is 2. The summed E-state index contributed by atoms with van der Waals surface area (Å²) < 4.78 is 10.6. The molecule has 0 saturated heterocycles. The Morgan fingerprint density at radius 2 is 1.75 bits per heavy atom. The molecule has 0 fully saturated rings. The summed E-state index contributed by atoms with van der Waals surface area (Å²) in [4.78, 5) is 18.0. The Labute approximate surface area is 173 Å². The zero-order valence-electron chi connectivity index (χ0n) is 15.8. The molecular formula is C21H20Cl2N2O3. The number of benzene rings is 2. The molecular weight excluding hydrogens is 399 g/mol. The fraction of sp³-hybridized carbons (Fsp3) is 0.238. The summed E-state index contributed by atoms with van der Waals surface area (Å²) in [5.41, 5.74) is 0.844. The zero-order chi connectivity index (χ0) is 20.3. The molecule has 1 aromatic heterocycles. The molecule has 2 aromatic carbocycles. The van der Waals surface area contributed by atoms with Crippen molar-refractivity contribution < 1.29 is 14.3 Å². The van der Waals surface area contributed by atoms with E-state index >= 15 is 0 Å². The Morgan fingerprint density at radius 1 is 1.11 bits per heavy atom. The van der Waals surface area contributed by atoms with Crippen LogP contribution in [0.3, 0.4) is 0 Å². The van der Waals surface area contributed by atoms with Gasteiger partial charge in [-0.2, -0.15) is 0 Å². The summed E-state index contributed by atoms with van der Waals surface area (Å²) >= 11 is 12.9.